The number of urea groups is 1. The van der Waals surface area contributed by atoms with Crippen LogP contribution < -0.4 is 10.6 Å². The topological polar surface area (TPSA) is 171 Å². The molecule has 1 aliphatic carbocycles. The summed E-state index contributed by atoms with van der Waals surface area (Å²) in [6, 6.07) is 2.57. The molecule has 14 heteroatoms. The first-order chi connectivity index (χ1) is 16.6. The minimum absolute atomic E-state index is 0.0406. The zero-order chi connectivity index (χ0) is 25.2. The van der Waals surface area contributed by atoms with Crippen LogP contribution in [0.4, 0.5) is 20.0 Å². The zero-order valence-corrected chi connectivity index (χ0v) is 19.7. The number of thiazole rings is 1. The average Bonchev–Trinajstić information content (AvgIpc) is 3.56. The van der Waals surface area contributed by atoms with Gasteiger partial charge in [0.2, 0.25) is 5.16 Å². The zero-order valence-electron chi connectivity index (χ0n) is 18.1. The first-order valence-corrected chi connectivity index (χ1v) is 12.8. The number of Topliss-reactive ketones (excluding diaryl/α,β-unsaturated/α-hetero) is 1. The van der Waals surface area contributed by atoms with Gasteiger partial charge in [0.1, 0.15) is 5.82 Å². The maximum Gasteiger partial charge on any atom is 0.325 e. The number of sulfone groups is 1. The van der Waals surface area contributed by atoms with Gasteiger partial charge in [-0.25, -0.2) is 27.6 Å². The van der Waals surface area contributed by atoms with E-state index in [4.69, 9.17) is 5.11 Å². The molecule has 0 unspecified atom stereocenters. The standard InChI is InChI=1S/C21H20FN5O6S2/c22-12-5-6-14(13(9-12)17(30)11-3-1-2-4-11)25-19(31)27-20-26-15(10-16(28)29)18(34-20)35(32,33)21-23-7-8-24-21/h5-9,11H,1-4,10H2,(H,23,24)(H,28,29)(H2,25,26,27,31). The van der Waals surface area contributed by atoms with Gasteiger partial charge < -0.3 is 15.4 Å². The number of nitrogens with one attached hydrogen (secondary N) is 3. The maximum absolute atomic E-state index is 13.9. The second-order valence-electron chi connectivity index (χ2n) is 7.84. The third-order valence-corrected chi connectivity index (χ3v) is 8.57. The lowest BCUT2D eigenvalue weighted by Crippen LogP contribution is -2.22. The number of carboxylic acid groups (broad SMARTS) is 1. The first-order valence-electron chi connectivity index (χ1n) is 10.5. The van der Waals surface area contributed by atoms with Crippen molar-refractivity contribution in [1.29, 1.82) is 0 Å². The predicted octanol–water partition coefficient (Wildman–Crippen LogP) is 3.48. The Hall–Kier alpha value is -3.65. The van der Waals surface area contributed by atoms with Crippen LogP contribution in [0.3, 0.4) is 0 Å². The van der Waals surface area contributed by atoms with Gasteiger partial charge in [-0.3, -0.25) is 14.9 Å². The van der Waals surface area contributed by atoms with Crippen LogP contribution in [-0.2, 0) is 21.1 Å². The fourth-order valence-electron chi connectivity index (χ4n) is 3.83. The molecule has 0 radical (unpaired) electrons. The molecule has 4 N–H and O–H groups in total. The van der Waals surface area contributed by atoms with Gasteiger partial charge in [-0.05, 0) is 31.0 Å². The normalized spacial score (nSPS) is 14.1. The summed E-state index contributed by atoms with van der Waals surface area (Å²) in [7, 11) is -4.21. The minimum Gasteiger partial charge on any atom is -0.481 e. The molecule has 11 nitrogen and oxygen atoms in total. The number of aliphatic carboxylic acids is 1. The summed E-state index contributed by atoms with van der Waals surface area (Å²) in [5.41, 5.74) is -0.140. The van der Waals surface area contributed by atoms with E-state index in [9.17, 15) is 27.2 Å². The lowest BCUT2D eigenvalue weighted by molar-refractivity contribution is -0.136. The monoisotopic (exact) mass is 521 g/mol. The molecule has 0 saturated heterocycles. The Bertz CT molecular complexity index is 1380. The number of carboxylic acids is 1. The molecule has 0 bridgehead atoms. The van der Waals surface area contributed by atoms with Crippen molar-refractivity contribution >= 4 is 49.8 Å². The third-order valence-electron chi connectivity index (χ3n) is 5.39. The van der Waals surface area contributed by atoms with Gasteiger partial charge in [0.25, 0.3) is 9.84 Å². The van der Waals surface area contributed by atoms with Gasteiger partial charge in [-0.1, -0.05) is 24.2 Å². The molecule has 35 heavy (non-hydrogen) atoms. The third kappa shape index (κ3) is 5.38. The molecular formula is C21H20FN5O6S2. The molecule has 0 aliphatic heterocycles. The van der Waals surface area contributed by atoms with E-state index in [0.717, 1.165) is 25.0 Å². The van der Waals surface area contributed by atoms with Crippen molar-refractivity contribution < 1.29 is 32.3 Å². The molecule has 184 valence electrons. The lowest BCUT2D eigenvalue weighted by atomic mass is 9.95. The molecule has 2 heterocycles. The van der Waals surface area contributed by atoms with Crippen LogP contribution in [0.2, 0.25) is 0 Å². The van der Waals surface area contributed by atoms with Gasteiger partial charge >= 0.3 is 12.0 Å². The molecule has 1 aromatic carbocycles. The number of hydrogen-bond acceptors (Lipinski definition) is 8. The van der Waals surface area contributed by atoms with E-state index in [1.54, 1.807) is 0 Å². The number of carbonyl (C=O) groups is 3. The number of ketones is 1. The van der Waals surface area contributed by atoms with Gasteiger partial charge in [0, 0.05) is 23.9 Å². The summed E-state index contributed by atoms with van der Waals surface area (Å²) in [4.78, 5) is 46.8. The number of H-pyrrole nitrogens is 1. The van der Waals surface area contributed by atoms with Crippen molar-refractivity contribution in [2.45, 2.75) is 41.5 Å². The number of benzene rings is 1. The van der Waals surface area contributed by atoms with Gasteiger partial charge in [0.05, 0.1) is 17.8 Å². The van der Waals surface area contributed by atoms with Gasteiger partial charge in [-0.15, -0.1) is 0 Å². The quantitative estimate of drug-likeness (QED) is 0.326. The molecule has 4 rings (SSSR count). The molecule has 1 aliphatic rings. The number of nitrogens with zero attached hydrogens (tertiary/aromatic N) is 2. The second kappa shape index (κ2) is 9.92. The number of hydrogen-bond donors (Lipinski definition) is 4. The summed E-state index contributed by atoms with van der Waals surface area (Å²) in [6.07, 6.45) is 5.02. The molecule has 1 saturated carbocycles. The highest BCUT2D eigenvalue weighted by molar-refractivity contribution is 7.93. The highest BCUT2D eigenvalue weighted by atomic mass is 32.2. The Balaban J connectivity index is 1.58. The smallest absolute Gasteiger partial charge is 0.325 e. The fourth-order valence-corrected chi connectivity index (χ4v) is 6.48. The van der Waals surface area contributed by atoms with E-state index in [1.807, 2.05) is 0 Å². The van der Waals surface area contributed by atoms with E-state index >= 15 is 0 Å². The number of carbonyl (C=O) groups excluding carboxylic acids is 2. The minimum atomic E-state index is -4.21. The molecular weight excluding hydrogens is 501 g/mol. The first kappa shape index (κ1) is 24.5. The van der Waals surface area contributed by atoms with Crippen molar-refractivity contribution in [3.8, 4) is 0 Å². The predicted molar refractivity (Wildman–Crippen MR) is 123 cm³/mol. The number of amides is 2. The van der Waals surface area contributed by atoms with Crippen molar-refractivity contribution in [3.63, 3.8) is 0 Å². The van der Waals surface area contributed by atoms with Crippen LogP contribution in [0.25, 0.3) is 0 Å². The number of anilines is 2. The van der Waals surface area contributed by atoms with Crippen LogP contribution in [0, 0.1) is 11.7 Å². The molecule has 1 fully saturated rings. The van der Waals surface area contributed by atoms with Crippen LogP contribution in [0.15, 0.2) is 40.0 Å². The van der Waals surface area contributed by atoms with Crippen LogP contribution in [-0.4, -0.2) is 46.3 Å². The maximum atomic E-state index is 13.9. The van der Waals surface area contributed by atoms with E-state index in [2.05, 4.69) is 25.6 Å². The van der Waals surface area contributed by atoms with Crippen molar-refractivity contribution in [2.24, 2.45) is 5.92 Å². The molecule has 0 spiro atoms. The number of imidazole rings is 1. The summed E-state index contributed by atoms with van der Waals surface area (Å²) in [5.74, 6) is -2.44. The number of aromatic amines is 1. The van der Waals surface area contributed by atoms with Crippen LogP contribution in [0.5, 0.6) is 0 Å². The number of halogens is 1. The van der Waals surface area contributed by atoms with Gasteiger partial charge in [0.15, 0.2) is 15.1 Å². The van der Waals surface area contributed by atoms with Crippen molar-refractivity contribution in [2.75, 3.05) is 10.6 Å². The molecule has 2 aromatic heterocycles. The van der Waals surface area contributed by atoms with Crippen molar-refractivity contribution in [1.82, 2.24) is 15.0 Å². The highest BCUT2D eigenvalue weighted by Crippen LogP contribution is 2.33. The molecule has 3 aromatic rings. The number of rotatable bonds is 8. The molecule has 0 atom stereocenters. The van der Waals surface area contributed by atoms with E-state index in [0.29, 0.717) is 24.2 Å². The summed E-state index contributed by atoms with van der Waals surface area (Å²) >= 11 is 0.558. The Morgan fingerprint density at radius 3 is 2.60 bits per heavy atom. The summed E-state index contributed by atoms with van der Waals surface area (Å²) in [5, 5.41) is 13.4. The molecule has 2 amide bonds. The Morgan fingerprint density at radius 1 is 1.20 bits per heavy atom. The Labute approximate surface area is 202 Å². The van der Waals surface area contributed by atoms with E-state index in [-0.39, 0.29) is 38.0 Å². The van der Waals surface area contributed by atoms with Gasteiger partial charge in [-0.2, -0.15) is 0 Å². The highest BCUT2D eigenvalue weighted by Gasteiger charge is 2.30. The summed E-state index contributed by atoms with van der Waals surface area (Å²) in [6.45, 7) is 0. The average molecular weight is 522 g/mol. The van der Waals surface area contributed by atoms with Crippen LogP contribution >= 0.6 is 11.3 Å². The second-order valence-corrected chi connectivity index (χ2v) is 10.9. The van der Waals surface area contributed by atoms with Crippen molar-refractivity contribution in [3.05, 3.63) is 47.7 Å². The van der Waals surface area contributed by atoms with E-state index in [1.165, 1.54) is 18.5 Å². The number of aromatic nitrogens is 3. The lowest BCUT2D eigenvalue weighted by Gasteiger charge is -2.14. The van der Waals surface area contributed by atoms with Crippen LogP contribution in [0.1, 0.15) is 41.7 Å². The fraction of sp³-hybridized carbons (Fsp3) is 0.286. The Kier molecular flexibility index (Phi) is 6.93. The largest absolute Gasteiger partial charge is 0.481 e. The Morgan fingerprint density at radius 2 is 1.94 bits per heavy atom. The summed E-state index contributed by atoms with van der Waals surface area (Å²) < 4.78 is 39.2. The SMILES string of the molecule is O=C(O)Cc1nc(NC(=O)Nc2ccc(F)cc2C(=O)C2CCCC2)sc1S(=O)(=O)c1ncc[nH]1. The van der Waals surface area contributed by atoms with E-state index < -0.39 is 39.2 Å².